The standard InChI is InChI=1S/C2H4O.Li.H/c1-2-3;;/h2H,1H3;;. The van der Waals surface area contributed by atoms with E-state index in [0.717, 1.165) is 6.29 Å². The number of rotatable bonds is 0. The van der Waals surface area contributed by atoms with Crippen molar-refractivity contribution in [2.45, 2.75) is 6.92 Å². The van der Waals surface area contributed by atoms with Crippen LogP contribution in [0.5, 0.6) is 0 Å². The van der Waals surface area contributed by atoms with Crippen molar-refractivity contribution in [3.05, 3.63) is 0 Å². The molecule has 0 aromatic rings. The first-order valence-electron chi connectivity index (χ1n) is 0.813. The fraction of sp³-hybridized carbons (Fsp3) is 0.500. The van der Waals surface area contributed by atoms with Gasteiger partial charge in [-0.25, -0.2) is 0 Å². The molecule has 4 heavy (non-hydrogen) atoms. The Morgan fingerprint density at radius 3 is 1.75 bits per heavy atom. The van der Waals surface area contributed by atoms with Gasteiger partial charge >= 0.3 is 18.9 Å². The first-order chi connectivity index (χ1) is 1.41. The Morgan fingerprint density at radius 1 is 1.75 bits per heavy atom. The SMILES string of the molecule is CC=O.[LiH]. The van der Waals surface area contributed by atoms with E-state index in [1.807, 2.05) is 0 Å². The predicted molar refractivity (Wildman–Crippen MR) is 18.9 cm³/mol. The van der Waals surface area contributed by atoms with Gasteiger partial charge in [0.25, 0.3) is 0 Å². The van der Waals surface area contributed by atoms with E-state index in [9.17, 15) is 0 Å². The van der Waals surface area contributed by atoms with Gasteiger partial charge in [0.15, 0.2) is 0 Å². The third-order valence-corrected chi connectivity index (χ3v) is 0. The second-order valence-electron chi connectivity index (χ2n) is 0.236. The van der Waals surface area contributed by atoms with E-state index in [1.165, 1.54) is 6.92 Å². The number of aldehydes is 1. The molecular formula is C2H5LiO. The summed E-state index contributed by atoms with van der Waals surface area (Å²) in [6.45, 7) is 1.44. The molecule has 0 aromatic heterocycles. The van der Waals surface area contributed by atoms with Crippen LogP contribution in [0.15, 0.2) is 0 Å². The molecule has 20 valence electrons. The second kappa shape index (κ2) is 10.5. The van der Waals surface area contributed by atoms with E-state index in [1.54, 1.807) is 0 Å². The molecule has 0 N–H and O–H groups in total. The van der Waals surface area contributed by atoms with Crippen LogP contribution in [0.2, 0.25) is 0 Å². The Morgan fingerprint density at radius 2 is 1.75 bits per heavy atom. The summed E-state index contributed by atoms with van der Waals surface area (Å²) in [5.41, 5.74) is 0. The summed E-state index contributed by atoms with van der Waals surface area (Å²) in [5, 5.41) is 0. The third kappa shape index (κ3) is 50.9. The predicted octanol–water partition coefficient (Wildman–Crippen LogP) is -0.443. The maximum absolute atomic E-state index is 8.81. The van der Waals surface area contributed by atoms with Crippen molar-refractivity contribution >= 4 is 25.1 Å². The van der Waals surface area contributed by atoms with Gasteiger partial charge in [-0.15, -0.1) is 0 Å². The van der Waals surface area contributed by atoms with Crippen molar-refractivity contribution in [3.63, 3.8) is 0 Å². The first-order valence-corrected chi connectivity index (χ1v) is 0.813. The van der Waals surface area contributed by atoms with Crippen molar-refractivity contribution < 1.29 is 4.79 Å². The molecule has 0 aromatic carbocycles. The minimum atomic E-state index is 0. The maximum atomic E-state index is 8.81. The molecule has 0 amide bonds. The Labute approximate surface area is 37.6 Å². The van der Waals surface area contributed by atoms with Gasteiger partial charge in [-0.3, -0.25) is 0 Å². The molecule has 0 unspecified atom stereocenters. The Hall–Kier alpha value is 0.267. The summed E-state index contributed by atoms with van der Waals surface area (Å²) in [6, 6.07) is 0. The molecule has 0 bridgehead atoms. The summed E-state index contributed by atoms with van der Waals surface area (Å²) < 4.78 is 0. The molecule has 0 atom stereocenters. The second-order valence-corrected chi connectivity index (χ2v) is 0.236. The van der Waals surface area contributed by atoms with Gasteiger partial charge in [0.05, 0.1) is 0 Å². The van der Waals surface area contributed by atoms with Crippen molar-refractivity contribution in [1.29, 1.82) is 0 Å². The number of hydrogen-bond acceptors (Lipinski definition) is 1. The average molecular weight is 52.0 g/mol. The first kappa shape index (κ1) is 8.86. The molecule has 0 aliphatic rings. The molecule has 0 saturated carbocycles. The molecule has 2 heteroatoms. The fourth-order valence-corrected chi connectivity index (χ4v) is 0. The van der Waals surface area contributed by atoms with Crippen LogP contribution < -0.4 is 0 Å². The quantitative estimate of drug-likeness (QED) is 0.269. The van der Waals surface area contributed by atoms with Crippen LogP contribution in [0.4, 0.5) is 0 Å². The topological polar surface area (TPSA) is 17.1 Å². The van der Waals surface area contributed by atoms with Crippen LogP contribution in [0.1, 0.15) is 6.92 Å². The molecule has 0 aliphatic carbocycles. The molecule has 0 rings (SSSR count). The zero-order valence-electron chi connectivity index (χ0n) is 1.99. The molecule has 0 radical (unpaired) electrons. The van der Waals surface area contributed by atoms with E-state index < -0.39 is 0 Å². The summed E-state index contributed by atoms with van der Waals surface area (Å²) in [5.74, 6) is 0. The molecule has 0 fully saturated rings. The van der Waals surface area contributed by atoms with E-state index in [2.05, 4.69) is 0 Å². The average Bonchev–Trinajstić information content (AvgIpc) is 0.918. The third-order valence-electron chi connectivity index (χ3n) is 0. The van der Waals surface area contributed by atoms with E-state index in [-0.39, 0.29) is 18.9 Å². The van der Waals surface area contributed by atoms with Crippen molar-refractivity contribution in [2.24, 2.45) is 0 Å². The van der Waals surface area contributed by atoms with Crippen LogP contribution in [0, 0.1) is 0 Å². The number of carbonyl (C=O) groups is 1. The van der Waals surface area contributed by atoms with E-state index in [0.29, 0.717) is 0 Å². The van der Waals surface area contributed by atoms with Gasteiger partial charge in [0.2, 0.25) is 0 Å². The summed E-state index contributed by atoms with van der Waals surface area (Å²) in [7, 11) is 0. The molecular weight excluding hydrogens is 47.0 g/mol. The van der Waals surface area contributed by atoms with Gasteiger partial charge < -0.3 is 4.79 Å². The zero-order valence-corrected chi connectivity index (χ0v) is 1.99. The Balaban J connectivity index is 0. The van der Waals surface area contributed by atoms with Crippen LogP contribution in [0.3, 0.4) is 0 Å². The number of hydrogen-bond donors (Lipinski definition) is 0. The van der Waals surface area contributed by atoms with Gasteiger partial charge in [0.1, 0.15) is 6.29 Å². The monoisotopic (exact) mass is 52.1 g/mol. The molecule has 0 spiro atoms. The summed E-state index contributed by atoms with van der Waals surface area (Å²) in [6.07, 6.45) is 0.750. The van der Waals surface area contributed by atoms with Gasteiger partial charge in [-0.1, -0.05) is 0 Å². The molecule has 0 aliphatic heterocycles. The van der Waals surface area contributed by atoms with Crippen LogP contribution >= 0.6 is 0 Å². The van der Waals surface area contributed by atoms with Crippen molar-refractivity contribution in [3.8, 4) is 0 Å². The molecule has 0 heterocycles. The van der Waals surface area contributed by atoms with Crippen molar-refractivity contribution in [1.82, 2.24) is 0 Å². The number of carbonyl (C=O) groups excluding carboxylic acids is 1. The van der Waals surface area contributed by atoms with Gasteiger partial charge in [-0.2, -0.15) is 0 Å². The van der Waals surface area contributed by atoms with Crippen LogP contribution in [-0.4, -0.2) is 25.1 Å². The van der Waals surface area contributed by atoms with Crippen molar-refractivity contribution in [2.75, 3.05) is 0 Å². The fourth-order valence-electron chi connectivity index (χ4n) is 0. The summed E-state index contributed by atoms with van der Waals surface area (Å²) in [4.78, 5) is 8.81. The van der Waals surface area contributed by atoms with E-state index in [4.69, 9.17) is 4.79 Å². The summed E-state index contributed by atoms with van der Waals surface area (Å²) >= 11 is 0. The molecule has 1 nitrogen and oxygen atoms in total. The van der Waals surface area contributed by atoms with Crippen LogP contribution in [-0.2, 0) is 4.79 Å². The van der Waals surface area contributed by atoms with Gasteiger partial charge in [0, 0.05) is 0 Å². The van der Waals surface area contributed by atoms with E-state index >= 15 is 0 Å². The Kier molecular flexibility index (Phi) is 23.2. The van der Waals surface area contributed by atoms with Gasteiger partial charge in [-0.05, 0) is 6.92 Å². The van der Waals surface area contributed by atoms with Crippen LogP contribution in [0.25, 0.3) is 0 Å². The normalized spacial score (nSPS) is 3.25. The molecule has 0 saturated heterocycles. The zero-order chi connectivity index (χ0) is 2.71. The Bertz CT molecular complexity index is 13.5. The minimum absolute atomic E-state index is 0.